The summed E-state index contributed by atoms with van der Waals surface area (Å²) in [5.74, 6) is -0.579. The van der Waals surface area contributed by atoms with E-state index in [9.17, 15) is 10.2 Å². The van der Waals surface area contributed by atoms with E-state index < -0.39 is 11.7 Å². The van der Waals surface area contributed by atoms with Gasteiger partial charge in [0.2, 0.25) is 0 Å². The molecule has 0 radical (unpaired) electrons. The molecule has 0 aliphatic heterocycles. The van der Waals surface area contributed by atoms with Crippen molar-refractivity contribution in [3.05, 3.63) is 0 Å². The predicted octanol–water partition coefficient (Wildman–Crippen LogP) is -1.28. The van der Waals surface area contributed by atoms with Crippen LogP contribution >= 0.6 is 0 Å². The van der Waals surface area contributed by atoms with Crippen molar-refractivity contribution < 1.29 is 20.4 Å². The third kappa shape index (κ3) is 1.35. The van der Waals surface area contributed by atoms with Gasteiger partial charge in [-0.05, 0) is 5.92 Å². The van der Waals surface area contributed by atoms with Crippen molar-refractivity contribution in [3.63, 3.8) is 0 Å². The van der Waals surface area contributed by atoms with Gasteiger partial charge < -0.3 is 20.4 Å². The van der Waals surface area contributed by atoms with E-state index in [1.807, 2.05) is 0 Å². The Morgan fingerprint density at radius 3 is 2.25 bits per heavy atom. The van der Waals surface area contributed by atoms with Crippen molar-refractivity contribution in [3.8, 4) is 0 Å². The second kappa shape index (κ2) is 3.30. The molecule has 1 aliphatic rings. The minimum absolute atomic E-state index is 0.148. The monoisotopic (exact) mass is 176 g/mol. The van der Waals surface area contributed by atoms with Crippen molar-refractivity contribution in [2.75, 3.05) is 13.2 Å². The highest BCUT2D eigenvalue weighted by atomic mass is 16.3. The third-order valence-corrected chi connectivity index (χ3v) is 3.03. The molecule has 1 rings (SSSR count). The minimum Gasteiger partial charge on any atom is -0.396 e. The maximum atomic E-state index is 9.72. The lowest BCUT2D eigenvalue weighted by molar-refractivity contribution is -0.0501. The Balaban J connectivity index is 2.74. The second-order valence-corrected chi connectivity index (χ2v) is 3.67. The van der Waals surface area contributed by atoms with Crippen LogP contribution in [-0.4, -0.2) is 45.3 Å². The highest BCUT2D eigenvalue weighted by molar-refractivity contribution is 4.99. The van der Waals surface area contributed by atoms with Gasteiger partial charge in [-0.15, -0.1) is 0 Å². The number of aliphatic hydroxyl groups is 4. The molecule has 4 heteroatoms. The number of aliphatic hydroxyl groups excluding tert-OH is 3. The number of hydrogen-bond acceptors (Lipinski definition) is 4. The maximum Gasteiger partial charge on any atom is 0.0931 e. The Kier molecular flexibility index (Phi) is 2.73. The van der Waals surface area contributed by atoms with Gasteiger partial charge in [-0.25, -0.2) is 0 Å². The first-order valence-electron chi connectivity index (χ1n) is 4.17. The van der Waals surface area contributed by atoms with E-state index in [0.29, 0.717) is 0 Å². The lowest BCUT2D eigenvalue weighted by Crippen LogP contribution is -2.37. The topological polar surface area (TPSA) is 80.9 Å². The van der Waals surface area contributed by atoms with Gasteiger partial charge in [0.25, 0.3) is 0 Å². The summed E-state index contributed by atoms with van der Waals surface area (Å²) in [5, 5.41) is 36.9. The maximum absolute atomic E-state index is 9.72. The van der Waals surface area contributed by atoms with Crippen LogP contribution in [-0.2, 0) is 0 Å². The van der Waals surface area contributed by atoms with Crippen LogP contribution in [0.25, 0.3) is 0 Å². The van der Waals surface area contributed by atoms with Gasteiger partial charge in [-0.3, -0.25) is 0 Å². The molecule has 4 N–H and O–H groups in total. The average Bonchev–Trinajstić information content (AvgIpc) is 2.25. The zero-order chi connectivity index (χ0) is 9.35. The Morgan fingerprint density at radius 2 is 2.00 bits per heavy atom. The predicted molar refractivity (Wildman–Crippen MR) is 42.4 cm³/mol. The molecular weight excluding hydrogens is 160 g/mol. The Labute approximate surface area is 71.5 Å². The van der Waals surface area contributed by atoms with Gasteiger partial charge in [-0.1, -0.05) is 6.92 Å². The van der Waals surface area contributed by atoms with Crippen molar-refractivity contribution in [2.24, 2.45) is 11.8 Å². The van der Waals surface area contributed by atoms with Crippen LogP contribution in [0.2, 0.25) is 0 Å². The van der Waals surface area contributed by atoms with Gasteiger partial charge in [0.15, 0.2) is 0 Å². The van der Waals surface area contributed by atoms with Gasteiger partial charge in [0, 0.05) is 18.9 Å². The van der Waals surface area contributed by atoms with E-state index in [-0.39, 0.29) is 31.5 Å². The molecular formula is C8H16O4. The van der Waals surface area contributed by atoms with Crippen molar-refractivity contribution in [1.29, 1.82) is 0 Å². The molecule has 0 saturated heterocycles. The molecule has 0 spiro atoms. The molecule has 4 atom stereocenters. The highest BCUT2D eigenvalue weighted by Gasteiger charge is 2.49. The van der Waals surface area contributed by atoms with Crippen LogP contribution in [0.4, 0.5) is 0 Å². The Morgan fingerprint density at radius 1 is 1.42 bits per heavy atom. The quantitative estimate of drug-likeness (QED) is 0.422. The lowest BCUT2D eigenvalue weighted by Gasteiger charge is -2.26. The second-order valence-electron chi connectivity index (χ2n) is 3.67. The van der Waals surface area contributed by atoms with E-state index in [1.165, 1.54) is 0 Å². The lowest BCUT2D eigenvalue weighted by atomic mass is 9.88. The molecule has 1 saturated carbocycles. The molecule has 72 valence electrons. The van der Waals surface area contributed by atoms with Crippen LogP contribution in [0.1, 0.15) is 13.3 Å². The Bertz CT molecular complexity index is 161. The summed E-state index contributed by atoms with van der Waals surface area (Å²) in [7, 11) is 0. The molecule has 0 aromatic rings. The van der Waals surface area contributed by atoms with E-state index in [4.69, 9.17) is 10.2 Å². The van der Waals surface area contributed by atoms with Gasteiger partial charge >= 0.3 is 0 Å². The summed E-state index contributed by atoms with van der Waals surface area (Å²) in [4.78, 5) is 0. The summed E-state index contributed by atoms with van der Waals surface area (Å²) in [6.07, 6.45) is -0.558. The van der Waals surface area contributed by atoms with Crippen LogP contribution in [0.5, 0.6) is 0 Å². The minimum atomic E-state index is -1.22. The summed E-state index contributed by atoms with van der Waals surface area (Å²) >= 11 is 0. The first-order chi connectivity index (χ1) is 5.55. The fourth-order valence-corrected chi connectivity index (χ4v) is 1.92. The summed E-state index contributed by atoms with van der Waals surface area (Å²) in [5.41, 5.74) is -1.22. The molecule has 0 heterocycles. The molecule has 0 unspecified atom stereocenters. The molecule has 0 aromatic carbocycles. The standard InChI is InChI=1S/C8H16O4/c1-5-6(3-9)7(11)2-8(5,12)4-10/h5-7,9-12H,2-4H2,1H3/t5-,6-,7-,8+/m0/s1. The first-order valence-corrected chi connectivity index (χ1v) is 4.17. The van der Waals surface area contributed by atoms with Gasteiger partial charge in [-0.2, -0.15) is 0 Å². The Hall–Kier alpha value is -0.160. The van der Waals surface area contributed by atoms with E-state index >= 15 is 0 Å². The fraction of sp³-hybridized carbons (Fsp3) is 1.00. The first kappa shape index (κ1) is 9.92. The summed E-state index contributed by atoms with van der Waals surface area (Å²) in [6.45, 7) is 1.22. The van der Waals surface area contributed by atoms with E-state index in [2.05, 4.69) is 0 Å². The van der Waals surface area contributed by atoms with Gasteiger partial charge in [0.05, 0.1) is 18.3 Å². The average molecular weight is 176 g/mol. The SMILES string of the molecule is C[C@H]1[C@H](CO)[C@@H](O)C[C@@]1(O)CO. The fourth-order valence-electron chi connectivity index (χ4n) is 1.92. The van der Waals surface area contributed by atoms with Crippen LogP contribution in [0, 0.1) is 11.8 Å². The zero-order valence-corrected chi connectivity index (χ0v) is 7.14. The van der Waals surface area contributed by atoms with Crippen molar-refractivity contribution >= 4 is 0 Å². The summed E-state index contributed by atoms with van der Waals surface area (Å²) < 4.78 is 0. The molecule has 0 bridgehead atoms. The number of hydrogen-bond donors (Lipinski definition) is 4. The molecule has 4 nitrogen and oxygen atoms in total. The van der Waals surface area contributed by atoms with Gasteiger partial charge in [0.1, 0.15) is 0 Å². The molecule has 1 fully saturated rings. The van der Waals surface area contributed by atoms with Crippen LogP contribution < -0.4 is 0 Å². The molecule has 0 aromatic heterocycles. The van der Waals surface area contributed by atoms with Crippen molar-refractivity contribution in [2.45, 2.75) is 25.0 Å². The zero-order valence-electron chi connectivity index (χ0n) is 7.14. The van der Waals surface area contributed by atoms with E-state index in [1.54, 1.807) is 6.92 Å². The molecule has 1 aliphatic carbocycles. The largest absolute Gasteiger partial charge is 0.396 e. The number of rotatable bonds is 2. The van der Waals surface area contributed by atoms with E-state index in [0.717, 1.165) is 0 Å². The third-order valence-electron chi connectivity index (χ3n) is 3.03. The summed E-state index contributed by atoms with van der Waals surface area (Å²) in [6, 6.07) is 0. The van der Waals surface area contributed by atoms with Crippen molar-refractivity contribution in [1.82, 2.24) is 0 Å². The molecule has 12 heavy (non-hydrogen) atoms. The normalized spacial score (nSPS) is 48.2. The molecule has 0 amide bonds. The highest BCUT2D eigenvalue weighted by Crippen LogP contribution is 2.39. The van der Waals surface area contributed by atoms with Crippen LogP contribution in [0.3, 0.4) is 0 Å². The van der Waals surface area contributed by atoms with Crippen LogP contribution in [0.15, 0.2) is 0 Å². The smallest absolute Gasteiger partial charge is 0.0931 e.